The molecule has 3 aromatic carbocycles. The van der Waals surface area contributed by atoms with Crippen LogP contribution in [0.3, 0.4) is 0 Å². The number of nitrogens with zero attached hydrogens (tertiary/aromatic N) is 2. The number of aromatic carboxylic acids is 1. The number of halogens is 1. The molecule has 0 atom stereocenters. The molecule has 1 aromatic heterocycles. The number of carboxylic acids is 1. The lowest BCUT2D eigenvalue weighted by Crippen LogP contribution is -2.23. The molecule has 0 saturated carbocycles. The number of benzene rings is 3. The number of hydrogen-bond donors (Lipinski definition) is 2. The molecule has 6 nitrogen and oxygen atoms in total. The van der Waals surface area contributed by atoms with Gasteiger partial charge in [-0.15, -0.1) is 0 Å². The summed E-state index contributed by atoms with van der Waals surface area (Å²) in [5, 5.41) is 17.0. The van der Waals surface area contributed by atoms with Crippen molar-refractivity contribution < 1.29 is 19.1 Å². The van der Waals surface area contributed by atoms with Crippen molar-refractivity contribution >= 4 is 22.8 Å². The first-order valence-electron chi connectivity index (χ1n) is 9.32. The standard InChI is InChI=1S/C23H18FN3O3/c24-18-11-7-16(8-12-18)14-27-20-4-2-1-3-19(20)21(26-27)22(28)25-13-15-5-9-17(10-6-15)23(29)30/h1-12H,13-14H2,(H,25,28)(H,29,30). The topological polar surface area (TPSA) is 84.2 Å². The predicted octanol–water partition coefficient (Wildman–Crippen LogP) is 3.85. The summed E-state index contributed by atoms with van der Waals surface area (Å²) in [4.78, 5) is 23.7. The highest BCUT2D eigenvalue weighted by Crippen LogP contribution is 2.20. The number of nitrogens with one attached hydrogen (secondary N) is 1. The first-order chi connectivity index (χ1) is 14.5. The van der Waals surface area contributed by atoms with E-state index in [2.05, 4.69) is 10.4 Å². The van der Waals surface area contributed by atoms with Gasteiger partial charge in [0.25, 0.3) is 5.91 Å². The summed E-state index contributed by atoms with van der Waals surface area (Å²) in [5.41, 5.74) is 2.95. The second kappa shape index (κ2) is 8.16. The molecular formula is C23H18FN3O3. The zero-order chi connectivity index (χ0) is 21.1. The maximum absolute atomic E-state index is 13.2. The third-order valence-corrected chi connectivity index (χ3v) is 4.77. The van der Waals surface area contributed by atoms with Gasteiger partial charge in [-0.25, -0.2) is 9.18 Å². The van der Waals surface area contributed by atoms with E-state index < -0.39 is 5.97 Å². The summed E-state index contributed by atoms with van der Waals surface area (Å²) < 4.78 is 14.9. The highest BCUT2D eigenvalue weighted by molar-refractivity contribution is 6.04. The van der Waals surface area contributed by atoms with Crippen LogP contribution in [0.1, 0.15) is 32.0 Å². The van der Waals surface area contributed by atoms with Gasteiger partial charge < -0.3 is 10.4 Å². The number of hydrogen-bond acceptors (Lipinski definition) is 3. The highest BCUT2D eigenvalue weighted by Gasteiger charge is 2.17. The Morgan fingerprint density at radius 3 is 2.30 bits per heavy atom. The largest absolute Gasteiger partial charge is 0.478 e. The van der Waals surface area contributed by atoms with Crippen LogP contribution in [0.2, 0.25) is 0 Å². The molecule has 0 unspecified atom stereocenters. The third kappa shape index (κ3) is 4.05. The van der Waals surface area contributed by atoms with Crippen molar-refractivity contribution in [3.05, 3.63) is 101 Å². The van der Waals surface area contributed by atoms with E-state index in [1.165, 1.54) is 24.3 Å². The lowest BCUT2D eigenvalue weighted by Gasteiger charge is -2.05. The fraction of sp³-hybridized carbons (Fsp3) is 0.0870. The number of carbonyl (C=O) groups excluding carboxylic acids is 1. The van der Waals surface area contributed by atoms with Crippen molar-refractivity contribution in [1.29, 1.82) is 0 Å². The van der Waals surface area contributed by atoms with E-state index in [1.54, 1.807) is 28.9 Å². The minimum Gasteiger partial charge on any atom is -0.478 e. The normalized spacial score (nSPS) is 10.8. The molecule has 0 fully saturated rings. The summed E-state index contributed by atoms with van der Waals surface area (Å²) in [6.07, 6.45) is 0. The molecule has 7 heteroatoms. The van der Waals surface area contributed by atoms with Gasteiger partial charge in [0.05, 0.1) is 17.6 Å². The average Bonchev–Trinajstić information content (AvgIpc) is 3.12. The summed E-state index contributed by atoms with van der Waals surface area (Å²) in [5.74, 6) is -1.63. The summed E-state index contributed by atoms with van der Waals surface area (Å²) in [6.45, 7) is 0.655. The van der Waals surface area contributed by atoms with Gasteiger partial charge >= 0.3 is 5.97 Å². The zero-order valence-corrected chi connectivity index (χ0v) is 15.9. The van der Waals surface area contributed by atoms with Crippen LogP contribution in [0.25, 0.3) is 10.9 Å². The maximum Gasteiger partial charge on any atom is 0.335 e. The quantitative estimate of drug-likeness (QED) is 0.512. The maximum atomic E-state index is 13.2. The Morgan fingerprint density at radius 1 is 0.933 bits per heavy atom. The number of para-hydroxylation sites is 1. The molecule has 0 aliphatic heterocycles. The van der Waals surface area contributed by atoms with E-state index >= 15 is 0 Å². The summed E-state index contributed by atoms with van der Waals surface area (Å²) in [6, 6.07) is 19.9. The Morgan fingerprint density at radius 2 is 1.60 bits per heavy atom. The Balaban J connectivity index is 1.55. The third-order valence-electron chi connectivity index (χ3n) is 4.77. The average molecular weight is 403 g/mol. The Hall–Kier alpha value is -4.00. The number of carboxylic acid groups (broad SMARTS) is 1. The number of aromatic nitrogens is 2. The van der Waals surface area contributed by atoms with E-state index in [1.807, 2.05) is 24.3 Å². The summed E-state index contributed by atoms with van der Waals surface area (Å²) >= 11 is 0. The van der Waals surface area contributed by atoms with Crippen LogP contribution in [0, 0.1) is 5.82 Å². The van der Waals surface area contributed by atoms with Crippen molar-refractivity contribution in [2.45, 2.75) is 13.1 Å². The number of rotatable bonds is 6. The van der Waals surface area contributed by atoms with Crippen LogP contribution in [-0.4, -0.2) is 26.8 Å². The van der Waals surface area contributed by atoms with Crippen molar-refractivity contribution in [1.82, 2.24) is 15.1 Å². The Labute approximate surface area is 171 Å². The van der Waals surface area contributed by atoms with E-state index in [-0.39, 0.29) is 23.8 Å². The Kier molecular flexibility index (Phi) is 5.26. The van der Waals surface area contributed by atoms with Gasteiger partial charge in [-0.1, -0.05) is 42.5 Å². The van der Waals surface area contributed by atoms with Crippen LogP contribution in [0.15, 0.2) is 72.8 Å². The zero-order valence-electron chi connectivity index (χ0n) is 15.9. The van der Waals surface area contributed by atoms with Crippen LogP contribution in [-0.2, 0) is 13.1 Å². The minimum absolute atomic E-state index is 0.190. The van der Waals surface area contributed by atoms with Crippen molar-refractivity contribution in [2.24, 2.45) is 0 Å². The molecule has 4 aromatic rings. The highest BCUT2D eigenvalue weighted by atomic mass is 19.1. The van der Waals surface area contributed by atoms with Crippen molar-refractivity contribution in [3.63, 3.8) is 0 Å². The van der Waals surface area contributed by atoms with Crippen LogP contribution >= 0.6 is 0 Å². The van der Waals surface area contributed by atoms with Gasteiger partial charge in [0.15, 0.2) is 5.69 Å². The van der Waals surface area contributed by atoms with Gasteiger partial charge in [0, 0.05) is 11.9 Å². The molecule has 30 heavy (non-hydrogen) atoms. The predicted molar refractivity (Wildman–Crippen MR) is 110 cm³/mol. The van der Waals surface area contributed by atoms with E-state index in [0.717, 1.165) is 22.0 Å². The molecule has 1 amide bonds. The molecule has 150 valence electrons. The first kappa shape index (κ1) is 19.3. The molecule has 0 spiro atoms. The second-order valence-corrected chi connectivity index (χ2v) is 6.83. The molecule has 0 aliphatic carbocycles. The van der Waals surface area contributed by atoms with Crippen molar-refractivity contribution in [2.75, 3.05) is 0 Å². The van der Waals surface area contributed by atoms with Crippen molar-refractivity contribution in [3.8, 4) is 0 Å². The van der Waals surface area contributed by atoms with Gasteiger partial charge in [-0.05, 0) is 41.5 Å². The molecular weight excluding hydrogens is 385 g/mol. The van der Waals surface area contributed by atoms with E-state index in [0.29, 0.717) is 12.2 Å². The molecule has 1 heterocycles. The van der Waals surface area contributed by atoms with E-state index in [9.17, 15) is 14.0 Å². The van der Waals surface area contributed by atoms with Gasteiger partial charge in [-0.2, -0.15) is 5.10 Å². The second-order valence-electron chi connectivity index (χ2n) is 6.83. The van der Waals surface area contributed by atoms with E-state index in [4.69, 9.17) is 5.11 Å². The van der Waals surface area contributed by atoms with Crippen LogP contribution < -0.4 is 5.32 Å². The van der Waals surface area contributed by atoms with Gasteiger partial charge in [-0.3, -0.25) is 9.48 Å². The molecule has 0 radical (unpaired) electrons. The van der Waals surface area contributed by atoms with Crippen LogP contribution in [0.5, 0.6) is 0 Å². The van der Waals surface area contributed by atoms with Crippen LogP contribution in [0.4, 0.5) is 4.39 Å². The Bertz CT molecular complexity index is 1210. The smallest absolute Gasteiger partial charge is 0.335 e. The molecule has 2 N–H and O–H groups in total. The molecule has 0 bridgehead atoms. The van der Waals surface area contributed by atoms with Gasteiger partial charge in [0.1, 0.15) is 5.82 Å². The summed E-state index contributed by atoms with van der Waals surface area (Å²) in [7, 11) is 0. The molecule has 0 saturated heterocycles. The first-order valence-corrected chi connectivity index (χ1v) is 9.32. The molecule has 0 aliphatic rings. The lowest BCUT2D eigenvalue weighted by molar-refractivity contribution is 0.0696. The fourth-order valence-electron chi connectivity index (χ4n) is 3.21. The SMILES string of the molecule is O=C(O)c1ccc(CNC(=O)c2nn(Cc3ccc(F)cc3)c3ccccc23)cc1. The number of amides is 1. The lowest BCUT2D eigenvalue weighted by atomic mass is 10.1. The minimum atomic E-state index is -0.997. The van der Waals surface area contributed by atoms with Gasteiger partial charge in [0.2, 0.25) is 0 Å². The number of fused-ring (bicyclic) bond motifs is 1. The molecule has 4 rings (SSSR count). The monoisotopic (exact) mass is 403 g/mol. The fourth-order valence-corrected chi connectivity index (χ4v) is 3.21. The number of carbonyl (C=O) groups is 2.